The van der Waals surface area contributed by atoms with E-state index in [1.54, 1.807) is 7.11 Å². The molecule has 1 aliphatic rings. The summed E-state index contributed by atoms with van der Waals surface area (Å²) in [7, 11) is 5.64. The summed E-state index contributed by atoms with van der Waals surface area (Å²) in [4.78, 5) is 14.3. The van der Waals surface area contributed by atoms with E-state index in [0.29, 0.717) is 13.1 Å². The number of hydrogen-bond acceptors (Lipinski definition) is 5. The lowest BCUT2D eigenvalue weighted by molar-refractivity contribution is -0.132. The highest BCUT2D eigenvalue weighted by Crippen LogP contribution is 2.23. The summed E-state index contributed by atoms with van der Waals surface area (Å²) in [5.74, 6) is 0.751. The van der Waals surface area contributed by atoms with Gasteiger partial charge in [0.25, 0.3) is 0 Å². The number of likely N-dealkylation sites (N-methyl/N-ethyl adjacent to an activating group) is 1. The highest BCUT2D eigenvalue weighted by atomic mass is 16.5. The third-order valence-electron chi connectivity index (χ3n) is 4.23. The number of methoxy groups -OCH3 is 1. The summed E-state index contributed by atoms with van der Waals surface area (Å²) in [6.07, 6.45) is 1.21. The first-order valence-corrected chi connectivity index (χ1v) is 7.98. The van der Waals surface area contributed by atoms with Gasteiger partial charge in [-0.15, -0.1) is 0 Å². The molecule has 0 saturated carbocycles. The van der Waals surface area contributed by atoms with Crippen molar-refractivity contribution in [3.63, 3.8) is 0 Å². The largest absolute Gasteiger partial charge is 0.497 e. The molecule has 0 aromatic heterocycles. The van der Waals surface area contributed by atoms with Crippen LogP contribution in [0.4, 0.5) is 0 Å². The van der Waals surface area contributed by atoms with Crippen LogP contribution in [0.1, 0.15) is 24.4 Å². The lowest BCUT2D eigenvalue weighted by atomic mass is 10.1. The number of carbonyl (C=O) groups excluding carboxylic acids is 1. The topological polar surface area (TPSA) is 76.8 Å². The Morgan fingerprint density at radius 1 is 1.48 bits per heavy atom. The molecular formula is C17H27N3O3. The standard InChI is InChI=1S/C17H27N3O3/c1-20(2)15(12-5-4-6-13(9-12)22-3)11-19-17(21)16-8-7-14(10-18)23-16/h4-6,9,14-16H,7-8,10-11,18H2,1-3H3,(H,19,21)/t14-,15?,16+/m1/s1. The van der Waals surface area contributed by atoms with Gasteiger partial charge >= 0.3 is 0 Å². The molecule has 0 aliphatic carbocycles. The van der Waals surface area contributed by atoms with Crippen LogP contribution in [-0.4, -0.2) is 57.3 Å². The van der Waals surface area contributed by atoms with E-state index in [1.165, 1.54) is 0 Å². The highest BCUT2D eigenvalue weighted by molar-refractivity contribution is 5.81. The molecule has 1 amide bonds. The van der Waals surface area contributed by atoms with Crippen LogP contribution in [0.2, 0.25) is 0 Å². The zero-order valence-corrected chi connectivity index (χ0v) is 14.1. The smallest absolute Gasteiger partial charge is 0.249 e. The number of nitrogens with zero attached hydrogens (tertiary/aromatic N) is 1. The number of nitrogens with one attached hydrogen (secondary N) is 1. The summed E-state index contributed by atoms with van der Waals surface area (Å²) in [5.41, 5.74) is 6.69. The molecule has 1 saturated heterocycles. The third-order valence-corrected chi connectivity index (χ3v) is 4.23. The van der Waals surface area contributed by atoms with Gasteiger partial charge < -0.3 is 25.4 Å². The molecule has 2 rings (SSSR count). The maximum atomic E-state index is 12.3. The Morgan fingerprint density at radius 3 is 2.87 bits per heavy atom. The van der Waals surface area contributed by atoms with Crippen molar-refractivity contribution in [3.8, 4) is 5.75 Å². The number of nitrogens with two attached hydrogens (primary N) is 1. The molecule has 0 radical (unpaired) electrons. The fourth-order valence-electron chi connectivity index (χ4n) is 2.83. The van der Waals surface area contributed by atoms with Crippen LogP contribution in [0.15, 0.2) is 24.3 Å². The van der Waals surface area contributed by atoms with Crippen LogP contribution in [0, 0.1) is 0 Å². The minimum absolute atomic E-state index is 0.00813. The molecular weight excluding hydrogens is 294 g/mol. The summed E-state index contributed by atoms with van der Waals surface area (Å²) in [5, 5.41) is 3.00. The lowest BCUT2D eigenvalue weighted by Gasteiger charge is -2.26. The molecule has 3 atom stereocenters. The van der Waals surface area contributed by atoms with Gasteiger partial charge in [-0.1, -0.05) is 12.1 Å². The van der Waals surface area contributed by atoms with Crippen LogP contribution >= 0.6 is 0 Å². The lowest BCUT2D eigenvalue weighted by Crippen LogP contribution is -2.40. The summed E-state index contributed by atoms with van der Waals surface area (Å²) >= 11 is 0. The van der Waals surface area contributed by atoms with Gasteiger partial charge in [-0.25, -0.2) is 0 Å². The van der Waals surface area contributed by atoms with Gasteiger partial charge in [-0.2, -0.15) is 0 Å². The van der Waals surface area contributed by atoms with Gasteiger partial charge in [0.1, 0.15) is 11.9 Å². The molecule has 1 heterocycles. The van der Waals surface area contributed by atoms with Gasteiger partial charge in [0.2, 0.25) is 5.91 Å². The number of ether oxygens (including phenoxy) is 2. The molecule has 0 bridgehead atoms. The highest BCUT2D eigenvalue weighted by Gasteiger charge is 2.30. The number of carbonyl (C=O) groups is 1. The summed E-state index contributed by atoms with van der Waals surface area (Å²) in [6.45, 7) is 0.986. The van der Waals surface area contributed by atoms with Crippen molar-refractivity contribution in [1.29, 1.82) is 0 Å². The quantitative estimate of drug-likeness (QED) is 0.781. The number of amides is 1. The second-order valence-corrected chi connectivity index (χ2v) is 6.06. The Balaban J connectivity index is 1.96. The maximum absolute atomic E-state index is 12.3. The van der Waals surface area contributed by atoms with Crippen molar-refractivity contribution in [2.75, 3.05) is 34.3 Å². The molecule has 6 nitrogen and oxygen atoms in total. The molecule has 0 spiro atoms. The van der Waals surface area contributed by atoms with Gasteiger partial charge in [-0.3, -0.25) is 4.79 Å². The van der Waals surface area contributed by atoms with E-state index in [0.717, 1.165) is 24.2 Å². The van der Waals surface area contributed by atoms with Crippen molar-refractivity contribution in [3.05, 3.63) is 29.8 Å². The van der Waals surface area contributed by atoms with Gasteiger partial charge in [0.15, 0.2) is 0 Å². The molecule has 3 N–H and O–H groups in total. The number of hydrogen-bond donors (Lipinski definition) is 2. The van der Waals surface area contributed by atoms with Gasteiger partial charge in [0, 0.05) is 13.1 Å². The molecule has 128 valence electrons. The van der Waals surface area contributed by atoms with Crippen LogP contribution in [0.5, 0.6) is 5.75 Å². The van der Waals surface area contributed by atoms with E-state index in [2.05, 4.69) is 10.2 Å². The number of rotatable bonds is 7. The molecule has 1 aromatic rings. The van der Waals surface area contributed by atoms with Gasteiger partial charge in [0.05, 0.1) is 19.3 Å². The number of benzene rings is 1. The third kappa shape index (κ3) is 4.67. The average Bonchev–Trinajstić information content (AvgIpc) is 3.04. The van der Waals surface area contributed by atoms with E-state index in [4.69, 9.17) is 15.2 Å². The van der Waals surface area contributed by atoms with Crippen LogP contribution < -0.4 is 15.8 Å². The van der Waals surface area contributed by atoms with E-state index >= 15 is 0 Å². The maximum Gasteiger partial charge on any atom is 0.249 e. The minimum Gasteiger partial charge on any atom is -0.497 e. The van der Waals surface area contributed by atoms with Crippen molar-refractivity contribution in [2.24, 2.45) is 5.73 Å². The average molecular weight is 321 g/mol. The minimum atomic E-state index is -0.378. The first kappa shape index (κ1) is 17.7. The zero-order chi connectivity index (χ0) is 16.8. The molecule has 23 heavy (non-hydrogen) atoms. The van der Waals surface area contributed by atoms with Crippen molar-refractivity contribution in [1.82, 2.24) is 10.2 Å². The monoisotopic (exact) mass is 321 g/mol. The first-order chi connectivity index (χ1) is 11.0. The first-order valence-electron chi connectivity index (χ1n) is 7.98. The second kappa shape index (κ2) is 8.29. The molecule has 1 fully saturated rings. The van der Waals surface area contributed by atoms with E-state index in [1.807, 2.05) is 38.4 Å². The Labute approximate surface area is 137 Å². The van der Waals surface area contributed by atoms with Gasteiger partial charge in [-0.05, 0) is 44.6 Å². The fourth-order valence-corrected chi connectivity index (χ4v) is 2.83. The summed E-state index contributed by atoms with van der Waals surface area (Å²) < 4.78 is 10.9. The van der Waals surface area contributed by atoms with Crippen molar-refractivity contribution >= 4 is 5.91 Å². The van der Waals surface area contributed by atoms with E-state index < -0.39 is 0 Å². The Hall–Kier alpha value is -1.63. The summed E-state index contributed by atoms with van der Waals surface area (Å²) in [6, 6.07) is 7.97. The van der Waals surface area contributed by atoms with Crippen LogP contribution in [0.3, 0.4) is 0 Å². The zero-order valence-electron chi connectivity index (χ0n) is 14.1. The van der Waals surface area contributed by atoms with Crippen LogP contribution in [-0.2, 0) is 9.53 Å². The SMILES string of the molecule is COc1cccc(C(CNC(=O)[C@@H]2CC[C@H](CN)O2)N(C)C)c1. The van der Waals surface area contributed by atoms with Crippen LogP contribution in [0.25, 0.3) is 0 Å². The van der Waals surface area contributed by atoms with E-state index in [9.17, 15) is 4.79 Å². The predicted molar refractivity (Wildman–Crippen MR) is 89.4 cm³/mol. The van der Waals surface area contributed by atoms with Crippen molar-refractivity contribution in [2.45, 2.75) is 31.1 Å². The van der Waals surface area contributed by atoms with Crippen molar-refractivity contribution < 1.29 is 14.3 Å². The Kier molecular flexibility index (Phi) is 6.38. The second-order valence-electron chi connectivity index (χ2n) is 6.06. The molecule has 1 aliphatic heterocycles. The predicted octanol–water partition coefficient (Wildman–Crippen LogP) is 0.920. The Bertz CT molecular complexity index is 522. The molecule has 6 heteroatoms. The normalized spacial score (nSPS) is 22.1. The van der Waals surface area contributed by atoms with E-state index in [-0.39, 0.29) is 24.2 Å². The fraction of sp³-hybridized carbons (Fsp3) is 0.588. The molecule has 1 unspecified atom stereocenters. The molecule has 1 aromatic carbocycles. The Morgan fingerprint density at radius 2 is 2.26 bits per heavy atom.